The van der Waals surface area contributed by atoms with Gasteiger partial charge in [-0.2, -0.15) is 0 Å². The quantitative estimate of drug-likeness (QED) is 0.429. The van der Waals surface area contributed by atoms with Crippen molar-refractivity contribution < 1.29 is 19.4 Å². The Morgan fingerprint density at radius 2 is 1.57 bits per heavy atom. The Balaban J connectivity index is 1.68. The zero-order valence-corrected chi connectivity index (χ0v) is 20.5. The summed E-state index contributed by atoms with van der Waals surface area (Å²) in [6.45, 7) is 7.24. The molecule has 1 aliphatic heterocycles. The molecule has 4 rings (SSSR count). The van der Waals surface area contributed by atoms with Gasteiger partial charge >= 0.3 is 5.97 Å². The Morgan fingerprint density at radius 3 is 2.26 bits per heavy atom. The predicted octanol–water partition coefficient (Wildman–Crippen LogP) is 6.26. The van der Waals surface area contributed by atoms with Crippen molar-refractivity contribution in [3.05, 3.63) is 77.9 Å². The zero-order valence-electron chi connectivity index (χ0n) is 20.5. The van der Waals surface area contributed by atoms with Gasteiger partial charge in [0.1, 0.15) is 11.4 Å². The summed E-state index contributed by atoms with van der Waals surface area (Å²) < 4.78 is 5.57. The van der Waals surface area contributed by atoms with Crippen molar-refractivity contribution in [2.75, 3.05) is 23.3 Å². The molecule has 1 heterocycles. The Labute approximate surface area is 206 Å². The van der Waals surface area contributed by atoms with Crippen LogP contribution in [0.2, 0.25) is 0 Å². The van der Waals surface area contributed by atoms with Crippen molar-refractivity contribution in [2.24, 2.45) is 0 Å². The lowest BCUT2D eigenvalue weighted by atomic mass is 10.0. The van der Waals surface area contributed by atoms with Crippen LogP contribution in [0.1, 0.15) is 60.7 Å². The number of esters is 1. The molecule has 0 aliphatic carbocycles. The minimum Gasteiger partial charge on any atom is -0.507 e. The fourth-order valence-electron chi connectivity index (χ4n) is 4.21. The number of hydrogen-bond acceptors (Lipinski definition) is 5. The molecule has 1 aliphatic rings. The van der Waals surface area contributed by atoms with Crippen LogP contribution >= 0.6 is 0 Å². The predicted molar refractivity (Wildman–Crippen MR) is 139 cm³/mol. The maximum absolute atomic E-state index is 13.3. The van der Waals surface area contributed by atoms with E-state index in [0.29, 0.717) is 5.69 Å². The summed E-state index contributed by atoms with van der Waals surface area (Å²) in [6.07, 6.45) is 3.41. The largest absolute Gasteiger partial charge is 0.507 e. The SMILES string of the molecule is CC(C)(C)OC(=O)c1ccc(-c2ccccc2)cc1NC(=O)c1cc(N2CCCCC2)ccc1O. The molecule has 0 bridgehead atoms. The van der Waals surface area contributed by atoms with Gasteiger partial charge in [-0.15, -0.1) is 0 Å². The molecule has 0 saturated carbocycles. The molecule has 0 aromatic heterocycles. The molecule has 1 saturated heterocycles. The first-order chi connectivity index (χ1) is 16.7. The van der Waals surface area contributed by atoms with E-state index in [1.807, 2.05) is 42.5 Å². The number of phenolic OH excluding ortho intramolecular Hbond substituents is 1. The Morgan fingerprint density at radius 1 is 0.857 bits per heavy atom. The number of carbonyl (C=O) groups is 2. The van der Waals surface area contributed by atoms with Gasteiger partial charge in [0.15, 0.2) is 0 Å². The summed E-state index contributed by atoms with van der Waals surface area (Å²) in [5.74, 6) is -1.13. The van der Waals surface area contributed by atoms with E-state index >= 15 is 0 Å². The van der Waals surface area contributed by atoms with Gasteiger partial charge < -0.3 is 20.1 Å². The number of piperidine rings is 1. The minimum absolute atomic E-state index is 0.110. The van der Waals surface area contributed by atoms with E-state index in [4.69, 9.17) is 4.74 Å². The number of nitrogens with one attached hydrogen (secondary N) is 1. The van der Waals surface area contributed by atoms with Crippen molar-refractivity contribution >= 4 is 23.3 Å². The maximum atomic E-state index is 13.3. The van der Waals surface area contributed by atoms with Crippen LogP contribution in [0.15, 0.2) is 66.7 Å². The highest BCUT2D eigenvalue weighted by atomic mass is 16.6. The van der Waals surface area contributed by atoms with E-state index in [9.17, 15) is 14.7 Å². The summed E-state index contributed by atoms with van der Waals surface area (Å²) in [5.41, 5.74) is 2.75. The molecule has 6 heteroatoms. The normalized spacial score (nSPS) is 13.9. The average molecular weight is 473 g/mol. The molecule has 1 amide bonds. The standard InChI is InChI=1S/C29H32N2O4/c1-29(2,3)35-28(34)23-14-12-21(20-10-6-4-7-11-20)18-25(23)30-27(33)24-19-22(13-15-26(24)32)31-16-8-5-9-17-31/h4,6-7,10-15,18-19,32H,5,8-9,16-17H2,1-3H3,(H,30,33). The molecule has 2 N–H and O–H groups in total. The van der Waals surface area contributed by atoms with Crippen LogP contribution in [0.5, 0.6) is 5.75 Å². The molecule has 6 nitrogen and oxygen atoms in total. The van der Waals surface area contributed by atoms with Gasteiger partial charge in [-0.1, -0.05) is 36.4 Å². The van der Waals surface area contributed by atoms with Crippen LogP contribution in [0.4, 0.5) is 11.4 Å². The monoisotopic (exact) mass is 472 g/mol. The summed E-state index contributed by atoms with van der Waals surface area (Å²) >= 11 is 0. The molecule has 35 heavy (non-hydrogen) atoms. The smallest absolute Gasteiger partial charge is 0.340 e. The van der Waals surface area contributed by atoms with Crippen molar-refractivity contribution in [1.29, 1.82) is 0 Å². The second kappa shape index (κ2) is 10.2. The van der Waals surface area contributed by atoms with Gasteiger partial charge in [0, 0.05) is 18.8 Å². The molecular weight excluding hydrogens is 440 g/mol. The fourth-order valence-corrected chi connectivity index (χ4v) is 4.21. The van der Waals surface area contributed by atoms with Crippen molar-refractivity contribution in [2.45, 2.75) is 45.6 Å². The maximum Gasteiger partial charge on any atom is 0.340 e. The molecule has 3 aromatic rings. The number of hydrogen-bond donors (Lipinski definition) is 2. The average Bonchev–Trinajstić information content (AvgIpc) is 2.84. The first-order valence-electron chi connectivity index (χ1n) is 12.0. The summed E-state index contributed by atoms with van der Waals surface area (Å²) in [5, 5.41) is 13.3. The fraction of sp³-hybridized carbons (Fsp3) is 0.310. The molecule has 3 aromatic carbocycles. The molecule has 0 unspecified atom stereocenters. The van der Waals surface area contributed by atoms with Crippen molar-refractivity contribution in [1.82, 2.24) is 0 Å². The molecule has 1 fully saturated rings. The number of benzene rings is 3. The number of aromatic hydroxyl groups is 1. The number of nitrogens with zero attached hydrogens (tertiary/aromatic N) is 1. The van der Waals surface area contributed by atoms with E-state index in [1.165, 1.54) is 6.42 Å². The minimum atomic E-state index is -0.683. The lowest BCUT2D eigenvalue weighted by Crippen LogP contribution is -2.29. The number of amides is 1. The van der Waals surface area contributed by atoms with Gasteiger partial charge in [-0.3, -0.25) is 4.79 Å². The second-order valence-corrected chi connectivity index (χ2v) is 9.83. The number of anilines is 2. The highest BCUT2D eigenvalue weighted by Crippen LogP contribution is 2.30. The van der Waals surface area contributed by atoms with Gasteiger partial charge in [0.2, 0.25) is 0 Å². The lowest BCUT2D eigenvalue weighted by Gasteiger charge is -2.29. The molecule has 0 radical (unpaired) electrons. The van der Waals surface area contributed by atoms with Crippen LogP contribution in [0, 0.1) is 0 Å². The van der Waals surface area contributed by atoms with E-state index in [2.05, 4.69) is 10.2 Å². The van der Waals surface area contributed by atoms with Crippen molar-refractivity contribution in [3.8, 4) is 16.9 Å². The highest BCUT2D eigenvalue weighted by Gasteiger charge is 2.23. The number of rotatable bonds is 5. The van der Waals surface area contributed by atoms with Crippen LogP contribution in [0.25, 0.3) is 11.1 Å². The van der Waals surface area contributed by atoms with Crippen LogP contribution in [-0.4, -0.2) is 35.7 Å². The van der Waals surface area contributed by atoms with Crippen molar-refractivity contribution in [3.63, 3.8) is 0 Å². The lowest BCUT2D eigenvalue weighted by molar-refractivity contribution is 0.00708. The van der Waals surface area contributed by atoms with E-state index in [-0.39, 0.29) is 16.9 Å². The first-order valence-corrected chi connectivity index (χ1v) is 12.0. The highest BCUT2D eigenvalue weighted by molar-refractivity contribution is 6.10. The number of ether oxygens (including phenoxy) is 1. The third-order valence-electron chi connectivity index (χ3n) is 5.94. The number of carbonyl (C=O) groups excluding carboxylic acids is 2. The van der Waals surface area contributed by atoms with E-state index in [0.717, 1.165) is 42.7 Å². The van der Waals surface area contributed by atoms with Gasteiger partial charge in [-0.25, -0.2) is 4.79 Å². The van der Waals surface area contributed by atoms with E-state index in [1.54, 1.807) is 45.0 Å². The molecule has 0 atom stereocenters. The van der Waals surface area contributed by atoms with Gasteiger partial charge in [-0.05, 0) is 81.5 Å². The summed E-state index contributed by atoms with van der Waals surface area (Å²) in [6, 6.07) is 20.1. The number of phenols is 1. The van der Waals surface area contributed by atoms with Gasteiger partial charge in [0.05, 0.1) is 16.8 Å². The first kappa shape index (κ1) is 24.3. The summed E-state index contributed by atoms with van der Waals surface area (Å²) in [4.78, 5) is 28.5. The zero-order chi connectivity index (χ0) is 25.0. The third kappa shape index (κ3) is 6.01. The summed E-state index contributed by atoms with van der Waals surface area (Å²) in [7, 11) is 0. The van der Waals surface area contributed by atoms with E-state index < -0.39 is 17.5 Å². The molecule has 182 valence electrons. The second-order valence-electron chi connectivity index (χ2n) is 9.83. The Hall–Kier alpha value is -3.80. The molecular formula is C29H32N2O4. The van der Waals surface area contributed by atoms with Crippen LogP contribution < -0.4 is 10.2 Å². The van der Waals surface area contributed by atoms with Gasteiger partial charge in [0.25, 0.3) is 5.91 Å². The Bertz CT molecular complexity index is 1210. The Kier molecular flexibility index (Phi) is 7.10. The molecule has 0 spiro atoms. The topological polar surface area (TPSA) is 78.9 Å². The van der Waals surface area contributed by atoms with Crippen LogP contribution in [0.3, 0.4) is 0 Å². The van der Waals surface area contributed by atoms with Crippen LogP contribution in [-0.2, 0) is 4.74 Å². The third-order valence-corrected chi connectivity index (χ3v) is 5.94.